The number of hydrogen-bond donors (Lipinski definition) is 1. The molecule has 22 heavy (non-hydrogen) atoms. The molecule has 1 aromatic carbocycles. The van der Waals surface area contributed by atoms with E-state index in [2.05, 4.69) is 0 Å². The van der Waals surface area contributed by atoms with Gasteiger partial charge in [-0.3, -0.25) is 0 Å². The molecule has 1 aliphatic heterocycles. The highest BCUT2D eigenvalue weighted by atomic mass is 16.6. The molecule has 0 aromatic heterocycles. The van der Waals surface area contributed by atoms with Crippen LogP contribution in [0.15, 0.2) is 24.3 Å². The first-order valence-corrected chi connectivity index (χ1v) is 7.57. The number of hydrogen-bond acceptors (Lipinski definition) is 4. The molecule has 1 fully saturated rings. The highest BCUT2D eigenvalue weighted by Gasteiger charge is 2.37. The maximum atomic E-state index is 12.2. The third-order valence-electron chi connectivity index (χ3n) is 3.87. The average molecular weight is 307 g/mol. The summed E-state index contributed by atoms with van der Waals surface area (Å²) in [4.78, 5) is 13.9. The molecular formula is C17H25NO4. The van der Waals surface area contributed by atoms with Gasteiger partial charge in [0, 0.05) is 31.5 Å². The zero-order chi connectivity index (χ0) is 16.3. The third-order valence-corrected chi connectivity index (χ3v) is 3.87. The van der Waals surface area contributed by atoms with Crippen LogP contribution in [0.2, 0.25) is 0 Å². The summed E-state index contributed by atoms with van der Waals surface area (Å²) in [6, 6.07) is 7.79. The van der Waals surface area contributed by atoms with Crippen LogP contribution in [0.5, 0.6) is 5.75 Å². The fourth-order valence-electron chi connectivity index (χ4n) is 2.76. The molecule has 0 aliphatic carbocycles. The summed E-state index contributed by atoms with van der Waals surface area (Å²) in [5.41, 5.74) is 0.593. The van der Waals surface area contributed by atoms with Gasteiger partial charge in [0.15, 0.2) is 0 Å². The van der Waals surface area contributed by atoms with Crippen molar-refractivity contribution in [2.24, 2.45) is 5.92 Å². The van der Waals surface area contributed by atoms with Gasteiger partial charge >= 0.3 is 6.09 Å². The van der Waals surface area contributed by atoms with Crippen LogP contribution in [0.25, 0.3) is 0 Å². The van der Waals surface area contributed by atoms with Crippen molar-refractivity contribution in [1.82, 2.24) is 4.90 Å². The van der Waals surface area contributed by atoms with Crippen LogP contribution < -0.4 is 4.74 Å². The molecule has 0 spiro atoms. The highest BCUT2D eigenvalue weighted by Crippen LogP contribution is 2.34. The lowest BCUT2D eigenvalue weighted by Crippen LogP contribution is -2.35. The van der Waals surface area contributed by atoms with Crippen LogP contribution in [-0.2, 0) is 4.74 Å². The second-order valence-corrected chi connectivity index (χ2v) is 6.71. The molecule has 2 atom stereocenters. The molecule has 2 rings (SSSR count). The summed E-state index contributed by atoms with van der Waals surface area (Å²) >= 11 is 0. The smallest absolute Gasteiger partial charge is 0.410 e. The van der Waals surface area contributed by atoms with E-state index < -0.39 is 5.60 Å². The van der Waals surface area contributed by atoms with Crippen LogP contribution in [-0.4, -0.2) is 48.5 Å². The molecule has 1 heterocycles. The Morgan fingerprint density at radius 1 is 1.27 bits per heavy atom. The van der Waals surface area contributed by atoms with E-state index in [1.165, 1.54) is 0 Å². The van der Waals surface area contributed by atoms with Crippen LogP contribution in [0.3, 0.4) is 0 Å². The summed E-state index contributed by atoms with van der Waals surface area (Å²) in [6.07, 6.45) is -0.318. The minimum Gasteiger partial charge on any atom is -0.497 e. The second-order valence-electron chi connectivity index (χ2n) is 6.71. The summed E-state index contributed by atoms with van der Waals surface area (Å²) < 4.78 is 10.6. The fourth-order valence-corrected chi connectivity index (χ4v) is 2.76. The van der Waals surface area contributed by atoms with Crippen molar-refractivity contribution in [2.75, 3.05) is 26.8 Å². The van der Waals surface area contributed by atoms with Gasteiger partial charge in [0.2, 0.25) is 0 Å². The lowest BCUT2D eigenvalue weighted by atomic mass is 9.89. The van der Waals surface area contributed by atoms with Gasteiger partial charge in [-0.1, -0.05) is 12.1 Å². The Hall–Kier alpha value is -1.75. The number of benzene rings is 1. The summed E-state index contributed by atoms with van der Waals surface area (Å²) in [6.45, 7) is 6.69. The monoisotopic (exact) mass is 307 g/mol. The molecule has 1 N–H and O–H groups in total. The van der Waals surface area contributed by atoms with Gasteiger partial charge in [-0.15, -0.1) is 0 Å². The average Bonchev–Trinajstić information content (AvgIpc) is 2.90. The molecule has 5 nitrogen and oxygen atoms in total. The molecule has 1 aliphatic rings. The van der Waals surface area contributed by atoms with Crippen LogP contribution in [0.1, 0.15) is 32.3 Å². The number of methoxy groups -OCH3 is 1. The van der Waals surface area contributed by atoms with Crippen LogP contribution >= 0.6 is 0 Å². The molecule has 1 saturated heterocycles. The molecular weight excluding hydrogens is 282 g/mol. The molecule has 0 unspecified atom stereocenters. The minimum absolute atomic E-state index is 0.0286. The van der Waals surface area contributed by atoms with Crippen molar-refractivity contribution in [3.8, 4) is 5.75 Å². The normalized spacial score (nSPS) is 21.8. The van der Waals surface area contributed by atoms with Crippen molar-refractivity contribution >= 4 is 6.09 Å². The topological polar surface area (TPSA) is 59.0 Å². The Morgan fingerprint density at radius 2 is 1.91 bits per heavy atom. The number of nitrogens with zero attached hydrogens (tertiary/aromatic N) is 1. The molecule has 122 valence electrons. The SMILES string of the molecule is COc1ccc([C@H]2CN(C(=O)OC(C)(C)C)C[C@H]2CO)cc1. The van der Waals surface area contributed by atoms with Crippen molar-refractivity contribution in [3.63, 3.8) is 0 Å². The van der Waals surface area contributed by atoms with Gasteiger partial charge < -0.3 is 19.5 Å². The predicted octanol–water partition coefficient (Wildman–Crippen LogP) is 2.64. The largest absolute Gasteiger partial charge is 0.497 e. The molecule has 0 bridgehead atoms. The maximum absolute atomic E-state index is 12.2. The summed E-state index contributed by atoms with van der Waals surface area (Å²) in [7, 11) is 1.63. The number of aliphatic hydroxyl groups excluding tert-OH is 1. The maximum Gasteiger partial charge on any atom is 0.410 e. The van der Waals surface area contributed by atoms with Gasteiger partial charge in [0.05, 0.1) is 7.11 Å². The lowest BCUT2D eigenvalue weighted by molar-refractivity contribution is 0.0283. The van der Waals surface area contributed by atoms with E-state index in [9.17, 15) is 9.90 Å². The van der Waals surface area contributed by atoms with E-state index in [-0.39, 0.29) is 24.5 Å². The number of carbonyl (C=O) groups excluding carboxylic acids is 1. The van der Waals surface area contributed by atoms with Gasteiger partial charge in [0.25, 0.3) is 0 Å². The van der Waals surface area contributed by atoms with E-state index in [4.69, 9.17) is 9.47 Å². The number of rotatable bonds is 3. The van der Waals surface area contributed by atoms with Crippen molar-refractivity contribution in [1.29, 1.82) is 0 Å². The zero-order valence-corrected chi connectivity index (χ0v) is 13.7. The Bertz CT molecular complexity index is 506. The van der Waals surface area contributed by atoms with Crippen LogP contribution in [0.4, 0.5) is 4.79 Å². The molecule has 0 radical (unpaired) electrons. The zero-order valence-electron chi connectivity index (χ0n) is 13.7. The molecule has 1 aromatic rings. The van der Waals surface area contributed by atoms with Crippen LogP contribution in [0, 0.1) is 5.92 Å². The number of ether oxygens (including phenoxy) is 2. The van der Waals surface area contributed by atoms with E-state index >= 15 is 0 Å². The summed E-state index contributed by atoms with van der Waals surface area (Å²) in [5.74, 6) is 0.940. The van der Waals surface area contributed by atoms with Gasteiger partial charge in [-0.25, -0.2) is 4.79 Å². The van der Waals surface area contributed by atoms with E-state index in [1.54, 1.807) is 12.0 Å². The Morgan fingerprint density at radius 3 is 2.41 bits per heavy atom. The first kappa shape index (κ1) is 16.6. The van der Waals surface area contributed by atoms with E-state index in [1.807, 2.05) is 45.0 Å². The number of aliphatic hydroxyl groups is 1. The molecule has 5 heteroatoms. The number of likely N-dealkylation sites (tertiary alicyclic amines) is 1. The number of carbonyl (C=O) groups is 1. The lowest BCUT2D eigenvalue weighted by Gasteiger charge is -2.24. The van der Waals surface area contributed by atoms with E-state index in [0.29, 0.717) is 13.1 Å². The van der Waals surface area contributed by atoms with Crippen molar-refractivity contribution < 1.29 is 19.4 Å². The van der Waals surface area contributed by atoms with Gasteiger partial charge in [-0.05, 0) is 38.5 Å². The predicted molar refractivity (Wildman–Crippen MR) is 84.1 cm³/mol. The quantitative estimate of drug-likeness (QED) is 0.932. The highest BCUT2D eigenvalue weighted by molar-refractivity contribution is 5.68. The van der Waals surface area contributed by atoms with Crippen molar-refractivity contribution in [3.05, 3.63) is 29.8 Å². The third kappa shape index (κ3) is 3.91. The second kappa shape index (κ2) is 6.57. The number of amides is 1. The van der Waals surface area contributed by atoms with Gasteiger partial charge in [0.1, 0.15) is 11.4 Å². The Labute approximate surface area is 131 Å². The Kier molecular flexibility index (Phi) is 4.96. The standard InChI is InChI=1S/C17H25NO4/c1-17(2,3)22-16(20)18-9-13(11-19)15(10-18)12-5-7-14(21-4)8-6-12/h5-8,13,15,19H,9-11H2,1-4H3/t13-,15+/m0/s1. The first-order chi connectivity index (χ1) is 10.3. The summed E-state index contributed by atoms with van der Waals surface area (Å²) in [5, 5.41) is 9.63. The molecule has 0 saturated carbocycles. The Balaban J connectivity index is 2.10. The first-order valence-electron chi connectivity index (χ1n) is 7.57. The van der Waals surface area contributed by atoms with Gasteiger partial charge in [-0.2, -0.15) is 0 Å². The molecule has 1 amide bonds. The van der Waals surface area contributed by atoms with E-state index in [0.717, 1.165) is 11.3 Å². The fraction of sp³-hybridized carbons (Fsp3) is 0.588. The minimum atomic E-state index is -0.510. The van der Waals surface area contributed by atoms with Crippen molar-refractivity contribution in [2.45, 2.75) is 32.3 Å².